The van der Waals surface area contributed by atoms with Gasteiger partial charge in [-0.2, -0.15) is 0 Å². The van der Waals surface area contributed by atoms with E-state index in [0.29, 0.717) is 19.4 Å². The van der Waals surface area contributed by atoms with Crippen LogP contribution < -0.4 is 0 Å². The number of amides is 1. The molecule has 0 radical (unpaired) electrons. The highest BCUT2D eigenvalue weighted by molar-refractivity contribution is 6.02. The van der Waals surface area contributed by atoms with Crippen molar-refractivity contribution in [3.63, 3.8) is 0 Å². The van der Waals surface area contributed by atoms with E-state index in [1.54, 1.807) is 13.8 Å². The van der Waals surface area contributed by atoms with Crippen molar-refractivity contribution in [1.82, 2.24) is 4.90 Å². The first-order valence-electron chi connectivity index (χ1n) is 5.74. The van der Waals surface area contributed by atoms with Gasteiger partial charge in [-0.25, -0.2) is 9.59 Å². The fourth-order valence-electron chi connectivity index (χ4n) is 1.74. The molecule has 1 saturated heterocycles. The van der Waals surface area contributed by atoms with E-state index in [2.05, 4.69) is 0 Å². The van der Waals surface area contributed by atoms with Crippen molar-refractivity contribution in [1.29, 1.82) is 0 Å². The minimum atomic E-state index is -1.25. The second-order valence-corrected chi connectivity index (χ2v) is 3.60. The lowest BCUT2D eigenvalue weighted by Crippen LogP contribution is -2.49. The Bertz CT molecular complexity index is 297. The van der Waals surface area contributed by atoms with E-state index >= 15 is 0 Å². The normalized spacial score (nSPS) is 15.2. The third-order valence-corrected chi connectivity index (χ3v) is 2.44. The van der Waals surface area contributed by atoms with Crippen LogP contribution in [0.4, 0.5) is 0 Å². The molecule has 0 saturated carbocycles. The fraction of sp³-hybridized carbons (Fsp3) is 0.727. The number of carbonyl (C=O) groups is 3. The van der Waals surface area contributed by atoms with Crippen molar-refractivity contribution in [2.75, 3.05) is 19.8 Å². The SMILES string of the molecule is CCOC(=O)C(C(=O)OCC)N1CCCC1=O. The van der Waals surface area contributed by atoms with E-state index in [1.165, 1.54) is 4.90 Å². The summed E-state index contributed by atoms with van der Waals surface area (Å²) in [7, 11) is 0. The van der Waals surface area contributed by atoms with Gasteiger partial charge in [0.2, 0.25) is 11.9 Å². The highest BCUT2D eigenvalue weighted by atomic mass is 16.6. The van der Waals surface area contributed by atoms with Gasteiger partial charge in [-0.05, 0) is 20.3 Å². The minimum Gasteiger partial charge on any atom is -0.464 e. The average Bonchev–Trinajstić information content (AvgIpc) is 2.66. The Morgan fingerprint density at radius 1 is 1.24 bits per heavy atom. The predicted octanol–water partition coefficient (Wildman–Crippen LogP) is 0.104. The van der Waals surface area contributed by atoms with Crippen molar-refractivity contribution in [3.05, 3.63) is 0 Å². The van der Waals surface area contributed by atoms with Gasteiger partial charge in [-0.1, -0.05) is 0 Å². The number of carbonyl (C=O) groups excluding carboxylic acids is 3. The molecular weight excluding hydrogens is 226 g/mol. The summed E-state index contributed by atoms with van der Waals surface area (Å²) in [5, 5.41) is 0. The van der Waals surface area contributed by atoms with E-state index in [9.17, 15) is 14.4 Å². The lowest BCUT2D eigenvalue weighted by molar-refractivity contribution is -0.166. The van der Waals surface area contributed by atoms with Gasteiger partial charge in [-0.15, -0.1) is 0 Å². The Hall–Kier alpha value is -1.59. The van der Waals surface area contributed by atoms with Crippen molar-refractivity contribution in [2.24, 2.45) is 0 Å². The molecule has 0 atom stereocenters. The molecule has 1 heterocycles. The molecular formula is C11H17NO5. The Morgan fingerprint density at radius 2 is 1.76 bits per heavy atom. The number of ether oxygens (including phenoxy) is 2. The Morgan fingerprint density at radius 3 is 2.12 bits per heavy atom. The molecule has 0 aromatic heterocycles. The van der Waals surface area contributed by atoms with Gasteiger partial charge in [0, 0.05) is 13.0 Å². The molecule has 0 aromatic carbocycles. The van der Waals surface area contributed by atoms with Crippen LogP contribution in [0.2, 0.25) is 0 Å². The van der Waals surface area contributed by atoms with Gasteiger partial charge in [0.15, 0.2) is 0 Å². The zero-order valence-electron chi connectivity index (χ0n) is 10.1. The first kappa shape index (κ1) is 13.5. The summed E-state index contributed by atoms with van der Waals surface area (Å²) in [4.78, 5) is 36.1. The number of esters is 2. The molecule has 1 amide bonds. The van der Waals surface area contributed by atoms with Crippen molar-refractivity contribution in [3.8, 4) is 0 Å². The van der Waals surface area contributed by atoms with Gasteiger partial charge in [-0.3, -0.25) is 4.79 Å². The van der Waals surface area contributed by atoms with Crippen LogP contribution in [0.3, 0.4) is 0 Å². The number of hydrogen-bond acceptors (Lipinski definition) is 5. The molecule has 0 spiro atoms. The molecule has 6 nitrogen and oxygen atoms in total. The summed E-state index contributed by atoms with van der Waals surface area (Å²) in [5.41, 5.74) is 0. The lowest BCUT2D eigenvalue weighted by atomic mass is 10.2. The number of likely N-dealkylation sites (tertiary alicyclic amines) is 1. The summed E-state index contributed by atoms with van der Waals surface area (Å²) in [6.45, 7) is 4.01. The molecule has 1 rings (SSSR count). The molecule has 1 fully saturated rings. The predicted molar refractivity (Wildman–Crippen MR) is 58.0 cm³/mol. The van der Waals surface area contributed by atoms with E-state index in [4.69, 9.17) is 9.47 Å². The topological polar surface area (TPSA) is 72.9 Å². The van der Waals surface area contributed by atoms with Gasteiger partial charge >= 0.3 is 11.9 Å². The maximum atomic E-state index is 11.7. The van der Waals surface area contributed by atoms with Gasteiger partial charge in [0.25, 0.3) is 0 Å². The summed E-state index contributed by atoms with van der Waals surface area (Å²) in [6.07, 6.45) is 1.00. The molecule has 1 aliphatic rings. The van der Waals surface area contributed by atoms with E-state index in [-0.39, 0.29) is 19.1 Å². The minimum absolute atomic E-state index is 0.163. The quantitative estimate of drug-likeness (QED) is 0.506. The largest absolute Gasteiger partial charge is 0.464 e. The Balaban J connectivity index is 2.81. The molecule has 0 unspecified atom stereocenters. The Labute approximate surface area is 99.9 Å². The highest BCUT2D eigenvalue weighted by Crippen LogP contribution is 2.16. The summed E-state index contributed by atoms with van der Waals surface area (Å²) in [5.74, 6) is -1.65. The monoisotopic (exact) mass is 243 g/mol. The van der Waals surface area contributed by atoms with E-state index in [1.807, 2.05) is 0 Å². The highest BCUT2D eigenvalue weighted by Gasteiger charge is 2.40. The van der Waals surface area contributed by atoms with Crippen LogP contribution in [0.15, 0.2) is 0 Å². The molecule has 96 valence electrons. The number of hydrogen-bond donors (Lipinski definition) is 0. The van der Waals surface area contributed by atoms with Crippen molar-refractivity contribution < 1.29 is 23.9 Å². The zero-order chi connectivity index (χ0) is 12.8. The maximum absolute atomic E-state index is 11.7. The molecule has 0 N–H and O–H groups in total. The van der Waals surface area contributed by atoms with Gasteiger partial charge in [0.1, 0.15) is 0 Å². The summed E-state index contributed by atoms with van der Waals surface area (Å²) < 4.78 is 9.60. The average molecular weight is 243 g/mol. The number of nitrogens with zero attached hydrogens (tertiary/aromatic N) is 1. The molecule has 1 aliphatic heterocycles. The molecule has 0 aromatic rings. The van der Waals surface area contributed by atoms with Gasteiger partial charge < -0.3 is 14.4 Å². The first-order chi connectivity index (χ1) is 8.11. The molecule has 6 heteroatoms. The van der Waals surface area contributed by atoms with Crippen molar-refractivity contribution >= 4 is 17.8 Å². The Kier molecular flexibility index (Phi) is 4.93. The molecule has 17 heavy (non-hydrogen) atoms. The fourth-order valence-corrected chi connectivity index (χ4v) is 1.74. The lowest BCUT2D eigenvalue weighted by Gasteiger charge is -2.23. The van der Waals surface area contributed by atoms with Crippen LogP contribution in [0.1, 0.15) is 26.7 Å². The van der Waals surface area contributed by atoms with Crippen LogP contribution in [0.25, 0.3) is 0 Å². The van der Waals surface area contributed by atoms with Gasteiger partial charge in [0.05, 0.1) is 13.2 Å². The second-order valence-electron chi connectivity index (χ2n) is 3.60. The van der Waals surface area contributed by atoms with Crippen LogP contribution >= 0.6 is 0 Å². The van der Waals surface area contributed by atoms with Crippen LogP contribution in [0, 0.1) is 0 Å². The van der Waals surface area contributed by atoms with Crippen LogP contribution in [-0.4, -0.2) is 48.5 Å². The first-order valence-corrected chi connectivity index (χ1v) is 5.74. The second kappa shape index (κ2) is 6.22. The molecule has 0 aliphatic carbocycles. The maximum Gasteiger partial charge on any atom is 0.340 e. The molecule has 0 bridgehead atoms. The third kappa shape index (κ3) is 3.18. The smallest absolute Gasteiger partial charge is 0.340 e. The third-order valence-electron chi connectivity index (χ3n) is 2.44. The summed E-state index contributed by atoms with van der Waals surface area (Å²) in [6, 6.07) is -1.25. The van der Waals surface area contributed by atoms with Crippen LogP contribution in [-0.2, 0) is 23.9 Å². The zero-order valence-corrected chi connectivity index (χ0v) is 10.1. The number of rotatable bonds is 5. The standard InChI is InChI=1S/C11H17NO5/c1-3-16-10(14)9(11(15)17-4-2)12-7-5-6-8(12)13/h9H,3-7H2,1-2H3. The van der Waals surface area contributed by atoms with Crippen LogP contribution in [0.5, 0.6) is 0 Å². The van der Waals surface area contributed by atoms with Crippen molar-refractivity contribution in [2.45, 2.75) is 32.7 Å². The van der Waals surface area contributed by atoms with E-state index < -0.39 is 18.0 Å². The summed E-state index contributed by atoms with van der Waals surface area (Å²) >= 11 is 0. The van der Waals surface area contributed by atoms with E-state index in [0.717, 1.165) is 0 Å².